The van der Waals surface area contributed by atoms with E-state index < -0.39 is 0 Å². The van der Waals surface area contributed by atoms with E-state index in [2.05, 4.69) is 16.4 Å². The van der Waals surface area contributed by atoms with Crippen LogP contribution in [0.15, 0.2) is 42.6 Å². The van der Waals surface area contributed by atoms with Gasteiger partial charge in [0.05, 0.1) is 11.6 Å². The number of pyridine rings is 1. The monoisotopic (exact) mass is 209 g/mol. The number of anilines is 2. The van der Waals surface area contributed by atoms with Crippen LogP contribution in [0, 0.1) is 18.3 Å². The van der Waals surface area contributed by atoms with Gasteiger partial charge in [0.1, 0.15) is 5.82 Å². The third-order valence-electron chi connectivity index (χ3n) is 2.29. The van der Waals surface area contributed by atoms with E-state index in [1.165, 1.54) is 0 Å². The van der Waals surface area contributed by atoms with E-state index in [9.17, 15) is 0 Å². The SMILES string of the molecule is Cc1cccnc1Nc1ccc(C#N)cc1. The fourth-order valence-corrected chi connectivity index (χ4v) is 1.38. The Morgan fingerprint density at radius 3 is 2.56 bits per heavy atom. The molecule has 0 fully saturated rings. The first-order valence-electron chi connectivity index (χ1n) is 4.98. The van der Waals surface area contributed by atoms with Gasteiger partial charge in [-0.05, 0) is 42.8 Å². The number of nitriles is 1. The lowest BCUT2D eigenvalue weighted by Crippen LogP contribution is -1.95. The van der Waals surface area contributed by atoms with E-state index in [1.807, 2.05) is 31.2 Å². The van der Waals surface area contributed by atoms with Gasteiger partial charge < -0.3 is 5.32 Å². The molecule has 3 nitrogen and oxygen atoms in total. The molecule has 0 aliphatic heterocycles. The number of nitrogens with zero attached hydrogens (tertiary/aromatic N) is 2. The number of benzene rings is 1. The zero-order valence-corrected chi connectivity index (χ0v) is 8.94. The highest BCUT2D eigenvalue weighted by Gasteiger charge is 1.98. The Morgan fingerprint density at radius 1 is 1.19 bits per heavy atom. The highest BCUT2D eigenvalue weighted by Crippen LogP contribution is 2.17. The first-order valence-corrected chi connectivity index (χ1v) is 4.98. The van der Waals surface area contributed by atoms with Gasteiger partial charge in [0, 0.05) is 11.9 Å². The maximum atomic E-state index is 8.68. The second-order valence-corrected chi connectivity index (χ2v) is 3.48. The molecule has 0 saturated carbocycles. The molecule has 0 atom stereocenters. The highest BCUT2D eigenvalue weighted by atomic mass is 15.0. The molecule has 1 heterocycles. The Kier molecular flexibility index (Phi) is 2.84. The quantitative estimate of drug-likeness (QED) is 0.827. The number of nitrogens with one attached hydrogen (secondary N) is 1. The lowest BCUT2D eigenvalue weighted by molar-refractivity contribution is 1.26. The maximum absolute atomic E-state index is 8.68. The third kappa shape index (κ3) is 2.18. The van der Waals surface area contributed by atoms with Gasteiger partial charge in [-0.3, -0.25) is 0 Å². The van der Waals surface area contributed by atoms with Crippen LogP contribution in [0.5, 0.6) is 0 Å². The Morgan fingerprint density at radius 2 is 1.94 bits per heavy atom. The van der Waals surface area contributed by atoms with E-state index in [-0.39, 0.29) is 0 Å². The lowest BCUT2D eigenvalue weighted by Gasteiger charge is -2.07. The Bertz CT molecular complexity index is 524. The molecule has 0 saturated heterocycles. The van der Waals surface area contributed by atoms with Gasteiger partial charge in [-0.15, -0.1) is 0 Å². The zero-order chi connectivity index (χ0) is 11.4. The van der Waals surface area contributed by atoms with Crippen molar-refractivity contribution in [3.8, 4) is 6.07 Å². The van der Waals surface area contributed by atoms with Gasteiger partial charge in [0.2, 0.25) is 0 Å². The molecule has 0 unspecified atom stereocenters. The van der Waals surface area contributed by atoms with Gasteiger partial charge in [-0.25, -0.2) is 4.98 Å². The van der Waals surface area contributed by atoms with E-state index in [4.69, 9.17) is 5.26 Å². The second kappa shape index (κ2) is 4.45. The Balaban J connectivity index is 2.22. The van der Waals surface area contributed by atoms with Gasteiger partial charge >= 0.3 is 0 Å². The minimum Gasteiger partial charge on any atom is -0.340 e. The van der Waals surface area contributed by atoms with Crippen LogP contribution in [0.25, 0.3) is 0 Å². The molecular weight excluding hydrogens is 198 g/mol. The average Bonchev–Trinajstić information content (AvgIpc) is 2.33. The molecule has 0 radical (unpaired) electrons. The van der Waals surface area contributed by atoms with Crippen molar-refractivity contribution < 1.29 is 0 Å². The number of hydrogen-bond acceptors (Lipinski definition) is 3. The minimum atomic E-state index is 0.656. The molecule has 2 rings (SSSR count). The fourth-order valence-electron chi connectivity index (χ4n) is 1.38. The summed E-state index contributed by atoms with van der Waals surface area (Å²) in [5.74, 6) is 0.840. The van der Waals surface area contributed by atoms with E-state index in [0.29, 0.717) is 5.56 Å². The van der Waals surface area contributed by atoms with Crippen molar-refractivity contribution in [1.29, 1.82) is 5.26 Å². The van der Waals surface area contributed by atoms with Crippen LogP contribution in [0.3, 0.4) is 0 Å². The molecule has 78 valence electrons. The first kappa shape index (κ1) is 10.2. The summed E-state index contributed by atoms with van der Waals surface area (Å²) in [6.07, 6.45) is 1.75. The molecule has 0 aliphatic rings. The summed E-state index contributed by atoms with van der Waals surface area (Å²) in [6.45, 7) is 2.00. The standard InChI is InChI=1S/C13H11N3/c1-10-3-2-8-15-13(10)16-12-6-4-11(9-14)5-7-12/h2-8H,1H3,(H,15,16). The molecule has 1 aromatic heterocycles. The van der Waals surface area contributed by atoms with Crippen LogP contribution in [0.4, 0.5) is 11.5 Å². The van der Waals surface area contributed by atoms with Crippen LogP contribution in [-0.2, 0) is 0 Å². The fraction of sp³-hybridized carbons (Fsp3) is 0.0769. The first-order chi connectivity index (χ1) is 7.79. The van der Waals surface area contributed by atoms with Crippen molar-refractivity contribution in [3.05, 3.63) is 53.7 Å². The largest absolute Gasteiger partial charge is 0.340 e. The van der Waals surface area contributed by atoms with Crippen LogP contribution in [0.2, 0.25) is 0 Å². The van der Waals surface area contributed by atoms with Crippen molar-refractivity contribution >= 4 is 11.5 Å². The summed E-state index contributed by atoms with van der Waals surface area (Å²) in [4.78, 5) is 4.24. The lowest BCUT2D eigenvalue weighted by atomic mass is 10.2. The normalized spacial score (nSPS) is 9.50. The number of hydrogen-bond donors (Lipinski definition) is 1. The van der Waals surface area contributed by atoms with Crippen molar-refractivity contribution in [1.82, 2.24) is 4.98 Å². The predicted octanol–water partition coefficient (Wildman–Crippen LogP) is 3.01. The number of rotatable bonds is 2. The van der Waals surface area contributed by atoms with Gasteiger partial charge in [-0.1, -0.05) is 6.07 Å². The van der Waals surface area contributed by atoms with Crippen LogP contribution in [-0.4, -0.2) is 4.98 Å². The Labute approximate surface area is 94.4 Å². The summed E-state index contributed by atoms with van der Waals surface area (Å²) in [7, 11) is 0. The number of aryl methyl sites for hydroxylation is 1. The summed E-state index contributed by atoms with van der Waals surface area (Å²) < 4.78 is 0. The Hall–Kier alpha value is -2.34. The average molecular weight is 209 g/mol. The second-order valence-electron chi connectivity index (χ2n) is 3.48. The smallest absolute Gasteiger partial charge is 0.133 e. The van der Waals surface area contributed by atoms with E-state index in [1.54, 1.807) is 18.3 Å². The number of aromatic nitrogens is 1. The summed E-state index contributed by atoms with van der Waals surface area (Å²) in [5, 5.41) is 11.9. The third-order valence-corrected chi connectivity index (χ3v) is 2.29. The molecule has 2 aromatic rings. The highest BCUT2D eigenvalue weighted by molar-refractivity contribution is 5.59. The van der Waals surface area contributed by atoms with Gasteiger partial charge in [0.15, 0.2) is 0 Å². The van der Waals surface area contributed by atoms with Crippen molar-refractivity contribution in [2.24, 2.45) is 0 Å². The molecule has 0 spiro atoms. The van der Waals surface area contributed by atoms with Crippen molar-refractivity contribution in [2.45, 2.75) is 6.92 Å². The summed E-state index contributed by atoms with van der Waals surface area (Å²) >= 11 is 0. The van der Waals surface area contributed by atoms with E-state index >= 15 is 0 Å². The topological polar surface area (TPSA) is 48.7 Å². The summed E-state index contributed by atoms with van der Waals surface area (Å²) in [5.41, 5.74) is 2.68. The molecule has 1 aromatic carbocycles. The van der Waals surface area contributed by atoms with Crippen LogP contribution in [0.1, 0.15) is 11.1 Å². The molecular formula is C13H11N3. The van der Waals surface area contributed by atoms with E-state index in [0.717, 1.165) is 17.1 Å². The van der Waals surface area contributed by atoms with Gasteiger partial charge in [0.25, 0.3) is 0 Å². The van der Waals surface area contributed by atoms with Gasteiger partial charge in [-0.2, -0.15) is 5.26 Å². The maximum Gasteiger partial charge on any atom is 0.133 e. The van der Waals surface area contributed by atoms with Crippen molar-refractivity contribution in [2.75, 3.05) is 5.32 Å². The molecule has 3 heteroatoms. The molecule has 0 bridgehead atoms. The molecule has 0 amide bonds. The van der Waals surface area contributed by atoms with Crippen molar-refractivity contribution in [3.63, 3.8) is 0 Å². The van der Waals surface area contributed by atoms with Crippen LogP contribution >= 0.6 is 0 Å². The molecule has 1 N–H and O–H groups in total. The zero-order valence-electron chi connectivity index (χ0n) is 8.94. The molecule has 16 heavy (non-hydrogen) atoms. The summed E-state index contributed by atoms with van der Waals surface area (Å²) in [6, 6.07) is 13.3. The predicted molar refractivity (Wildman–Crippen MR) is 63.4 cm³/mol. The minimum absolute atomic E-state index is 0.656. The van der Waals surface area contributed by atoms with Crippen LogP contribution < -0.4 is 5.32 Å². The molecule has 0 aliphatic carbocycles.